The van der Waals surface area contributed by atoms with Gasteiger partial charge in [-0.2, -0.15) is 0 Å². The van der Waals surface area contributed by atoms with Crippen LogP contribution in [0.2, 0.25) is 0 Å². The van der Waals surface area contributed by atoms with Crippen LogP contribution in [0.5, 0.6) is 5.75 Å². The van der Waals surface area contributed by atoms with Crippen molar-refractivity contribution < 1.29 is 18.3 Å². The van der Waals surface area contributed by atoms with Gasteiger partial charge in [-0.25, -0.2) is 9.00 Å². The van der Waals surface area contributed by atoms with E-state index in [0.717, 1.165) is 34.5 Å². The van der Waals surface area contributed by atoms with Gasteiger partial charge in [-0.3, -0.25) is 10.0 Å². The average molecular weight is 463 g/mol. The van der Waals surface area contributed by atoms with E-state index < -0.39 is 11.0 Å². The molecule has 0 aliphatic carbocycles. The second kappa shape index (κ2) is 8.97. The molecule has 2 aliphatic rings. The Morgan fingerprint density at radius 3 is 2.81 bits per heavy atom. The van der Waals surface area contributed by atoms with Crippen molar-refractivity contribution in [3.63, 3.8) is 0 Å². The van der Waals surface area contributed by atoms with E-state index in [9.17, 15) is 9.00 Å². The van der Waals surface area contributed by atoms with Crippen LogP contribution >= 0.6 is 11.3 Å². The summed E-state index contributed by atoms with van der Waals surface area (Å²) < 4.78 is 20.8. The largest absolute Gasteiger partial charge is 0.495 e. The fraction of sp³-hybridized carbons (Fsp3) is 0.429. The summed E-state index contributed by atoms with van der Waals surface area (Å²) in [5.74, 6) is 2.54. The van der Waals surface area contributed by atoms with Gasteiger partial charge in [-0.05, 0) is 29.9 Å². The lowest BCUT2D eigenvalue weighted by molar-refractivity contribution is 0.218. The molecule has 0 bridgehead atoms. The number of fused-ring (bicyclic) bond motifs is 2. The number of anilines is 1. The van der Waals surface area contributed by atoms with Crippen LogP contribution in [0.25, 0.3) is 21.4 Å². The SMILES string of the molecule is CCS(N)=O.COc1ccsc1-c1cccc2onc(N3C[C@@H]4C[C@H](C)CN4C3=O)c12. The predicted molar refractivity (Wildman–Crippen MR) is 124 cm³/mol. The van der Waals surface area contributed by atoms with Gasteiger partial charge in [-0.1, -0.05) is 31.1 Å². The Bertz CT molecular complexity index is 1110. The third-order valence-electron chi connectivity index (χ3n) is 5.61. The van der Waals surface area contributed by atoms with Crippen molar-refractivity contribution in [1.29, 1.82) is 0 Å². The zero-order chi connectivity index (χ0) is 22.1. The van der Waals surface area contributed by atoms with Gasteiger partial charge in [0, 0.05) is 24.4 Å². The highest BCUT2D eigenvalue weighted by Gasteiger charge is 2.44. The first-order chi connectivity index (χ1) is 14.9. The number of hydrogen-bond donors (Lipinski definition) is 1. The molecule has 4 heterocycles. The number of methoxy groups -OCH3 is 1. The summed E-state index contributed by atoms with van der Waals surface area (Å²) in [6.07, 6.45) is 1.05. The van der Waals surface area contributed by atoms with E-state index in [0.29, 0.717) is 29.6 Å². The Morgan fingerprint density at radius 2 is 2.13 bits per heavy atom. The molecule has 1 aromatic carbocycles. The number of nitrogens with two attached hydrogens (primary N) is 1. The molecule has 3 atom stereocenters. The van der Waals surface area contributed by atoms with Gasteiger partial charge in [0.15, 0.2) is 11.4 Å². The number of benzene rings is 1. The first-order valence-electron chi connectivity index (χ1n) is 10.2. The minimum atomic E-state index is -1.07. The fourth-order valence-corrected chi connectivity index (χ4v) is 5.08. The molecule has 166 valence electrons. The maximum atomic E-state index is 12.9. The van der Waals surface area contributed by atoms with Crippen molar-refractivity contribution in [1.82, 2.24) is 10.1 Å². The maximum Gasteiger partial charge on any atom is 0.326 e. The third-order valence-corrected chi connectivity index (χ3v) is 7.11. The normalized spacial score (nSPS) is 21.2. The predicted octanol–water partition coefficient (Wildman–Crippen LogP) is 3.84. The summed E-state index contributed by atoms with van der Waals surface area (Å²) in [6.45, 7) is 5.46. The molecule has 31 heavy (non-hydrogen) atoms. The van der Waals surface area contributed by atoms with Crippen LogP contribution in [0.15, 0.2) is 34.2 Å². The zero-order valence-corrected chi connectivity index (χ0v) is 19.4. The number of aromatic nitrogens is 1. The topological polar surface area (TPSA) is 102 Å². The lowest BCUT2D eigenvalue weighted by atomic mass is 10.1. The summed E-state index contributed by atoms with van der Waals surface area (Å²) >= 11 is 1.61. The number of urea groups is 1. The van der Waals surface area contributed by atoms with E-state index in [1.54, 1.807) is 30.3 Å². The molecule has 2 amide bonds. The number of carbonyl (C=O) groups is 1. The molecular formula is C21H26N4O4S2. The molecule has 0 spiro atoms. The van der Waals surface area contributed by atoms with Crippen LogP contribution < -0.4 is 14.8 Å². The Morgan fingerprint density at radius 1 is 1.35 bits per heavy atom. The minimum absolute atomic E-state index is 0.0301. The molecule has 0 radical (unpaired) electrons. The summed E-state index contributed by atoms with van der Waals surface area (Å²) in [6, 6.07) is 8.11. The standard InChI is InChI=1S/C19H19N3O3S.C2H7NOS/c1-11-8-12-10-22(19(23)21(12)9-11)18-16-13(4-3-5-14(16)25-20-18)17-15(24-2)6-7-26-17;1-2-5(3)4/h3-7,11-12H,8-10H2,1-2H3;2-3H2,1H3/t11-,12-;/m0./s1. The van der Waals surface area contributed by atoms with E-state index >= 15 is 0 Å². The molecule has 8 nitrogen and oxygen atoms in total. The number of rotatable bonds is 4. The van der Waals surface area contributed by atoms with E-state index in [4.69, 9.17) is 14.4 Å². The van der Waals surface area contributed by atoms with E-state index in [2.05, 4.69) is 12.1 Å². The van der Waals surface area contributed by atoms with Crippen LogP contribution in [-0.4, -0.2) is 52.3 Å². The number of ether oxygens (including phenoxy) is 1. The van der Waals surface area contributed by atoms with Crippen molar-refractivity contribution in [2.24, 2.45) is 11.1 Å². The molecule has 0 saturated carbocycles. The zero-order valence-electron chi connectivity index (χ0n) is 17.7. The third kappa shape index (κ3) is 4.07. The Labute approximate surface area is 187 Å². The molecular weight excluding hydrogens is 436 g/mol. The van der Waals surface area contributed by atoms with E-state index in [1.165, 1.54) is 0 Å². The van der Waals surface area contributed by atoms with Crippen molar-refractivity contribution in [2.45, 2.75) is 26.3 Å². The number of thiophene rings is 1. The van der Waals surface area contributed by atoms with Crippen LogP contribution in [-0.2, 0) is 11.0 Å². The first-order valence-corrected chi connectivity index (χ1v) is 12.4. The Kier molecular flexibility index (Phi) is 6.31. The molecule has 10 heteroatoms. The molecule has 2 aromatic heterocycles. The number of carbonyl (C=O) groups excluding carboxylic acids is 1. The molecule has 2 fully saturated rings. The summed E-state index contributed by atoms with van der Waals surface area (Å²) in [4.78, 5) is 17.7. The molecule has 2 saturated heterocycles. The monoisotopic (exact) mass is 462 g/mol. The highest BCUT2D eigenvalue weighted by Crippen LogP contribution is 2.43. The molecule has 5 rings (SSSR count). The minimum Gasteiger partial charge on any atom is -0.495 e. The van der Waals surface area contributed by atoms with Gasteiger partial charge in [0.05, 0.1) is 34.4 Å². The molecule has 1 unspecified atom stereocenters. The first kappa shape index (κ1) is 21.8. The van der Waals surface area contributed by atoms with Crippen molar-refractivity contribution in [2.75, 3.05) is 30.9 Å². The van der Waals surface area contributed by atoms with E-state index in [-0.39, 0.29) is 12.1 Å². The van der Waals surface area contributed by atoms with Gasteiger partial charge in [0.1, 0.15) is 5.75 Å². The second-order valence-electron chi connectivity index (χ2n) is 7.71. The smallest absolute Gasteiger partial charge is 0.326 e. The highest BCUT2D eigenvalue weighted by atomic mass is 32.2. The van der Waals surface area contributed by atoms with E-state index in [1.807, 2.05) is 34.5 Å². The highest BCUT2D eigenvalue weighted by molar-refractivity contribution is 7.82. The second-order valence-corrected chi connectivity index (χ2v) is 9.97. The Balaban J connectivity index is 0.000000418. The Hall–Kier alpha value is -2.43. The van der Waals surface area contributed by atoms with Crippen molar-refractivity contribution in [3.05, 3.63) is 29.6 Å². The van der Waals surface area contributed by atoms with Gasteiger partial charge in [0.25, 0.3) is 0 Å². The number of nitrogens with zero attached hydrogens (tertiary/aromatic N) is 3. The van der Waals surface area contributed by atoms with Crippen molar-refractivity contribution >= 4 is 45.1 Å². The molecule has 2 aliphatic heterocycles. The van der Waals surface area contributed by atoms with Crippen LogP contribution in [0.1, 0.15) is 20.3 Å². The summed E-state index contributed by atoms with van der Waals surface area (Å²) in [5, 5.41) is 11.9. The maximum absolute atomic E-state index is 12.9. The molecule has 2 N–H and O–H groups in total. The number of hydrogen-bond acceptors (Lipinski definition) is 6. The van der Waals surface area contributed by atoms with Gasteiger partial charge in [-0.15, -0.1) is 11.3 Å². The van der Waals surface area contributed by atoms with Crippen LogP contribution in [0, 0.1) is 5.92 Å². The van der Waals surface area contributed by atoms with Gasteiger partial charge < -0.3 is 14.2 Å². The van der Waals surface area contributed by atoms with Crippen LogP contribution in [0.3, 0.4) is 0 Å². The lowest BCUT2D eigenvalue weighted by Gasteiger charge is -2.16. The van der Waals surface area contributed by atoms with Crippen LogP contribution in [0.4, 0.5) is 10.6 Å². The lowest BCUT2D eigenvalue weighted by Crippen LogP contribution is -2.32. The van der Waals surface area contributed by atoms with Crippen molar-refractivity contribution in [3.8, 4) is 16.2 Å². The van der Waals surface area contributed by atoms with Gasteiger partial charge in [0.2, 0.25) is 0 Å². The summed E-state index contributed by atoms with van der Waals surface area (Å²) in [7, 11) is 0.594. The summed E-state index contributed by atoms with van der Waals surface area (Å²) in [5.41, 5.74) is 1.67. The number of amides is 2. The fourth-order valence-electron chi connectivity index (χ4n) is 4.18. The average Bonchev–Trinajstić information content (AvgIpc) is 3.52. The van der Waals surface area contributed by atoms with Gasteiger partial charge >= 0.3 is 6.03 Å². The molecule has 3 aromatic rings. The quantitative estimate of drug-likeness (QED) is 0.635.